The molecule has 28 heavy (non-hydrogen) atoms. The van der Waals surface area contributed by atoms with Crippen molar-refractivity contribution in [3.05, 3.63) is 0 Å². The van der Waals surface area contributed by atoms with E-state index in [2.05, 4.69) is 20.8 Å². The zero-order chi connectivity index (χ0) is 20.9. The van der Waals surface area contributed by atoms with Crippen LogP contribution in [0.4, 0.5) is 0 Å². The summed E-state index contributed by atoms with van der Waals surface area (Å²) < 4.78 is 10.8. The smallest absolute Gasteiger partial charge is 0.323 e. The van der Waals surface area contributed by atoms with Gasteiger partial charge in [0.2, 0.25) is 0 Å². The predicted octanol–water partition coefficient (Wildman–Crippen LogP) is 4.18. The third-order valence-electron chi connectivity index (χ3n) is 7.82. The van der Waals surface area contributed by atoms with E-state index >= 15 is 0 Å². The number of carbonyl (C=O) groups excluding carboxylic acids is 3. The van der Waals surface area contributed by atoms with Crippen LogP contribution < -0.4 is 0 Å². The molecule has 3 rings (SSSR count). The monoisotopic (exact) mass is 392 g/mol. The lowest BCUT2D eigenvalue weighted by Gasteiger charge is -2.47. The summed E-state index contributed by atoms with van der Waals surface area (Å²) in [6.45, 7) is 12.6. The van der Waals surface area contributed by atoms with Crippen LogP contribution in [0.5, 0.6) is 0 Å². The van der Waals surface area contributed by atoms with Crippen LogP contribution in [0.25, 0.3) is 0 Å². The Kier molecular flexibility index (Phi) is 5.44. The number of ether oxygens (including phenoxy) is 2. The van der Waals surface area contributed by atoms with Crippen molar-refractivity contribution in [2.24, 2.45) is 39.9 Å². The topological polar surface area (TPSA) is 69.7 Å². The van der Waals surface area contributed by atoms with Gasteiger partial charge in [0, 0.05) is 11.8 Å². The van der Waals surface area contributed by atoms with Gasteiger partial charge in [-0.15, -0.1) is 0 Å². The maximum absolute atomic E-state index is 13.3. The first-order valence-corrected chi connectivity index (χ1v) is 10.9. The molecule has 0 aromatic heterocycles. The predicted molar refractivity (Wildman–Crippen MR) is 105 cm³/mol. The summed E-state index contributed by atoms with van der Waals surface area (Å²) in [6.07, 6.45) is 3.98. The van der Waals surface area contributed by atoms with Gasteiger partial charge in [0.25, 0.3) is 0 Å². The molecule has 3 aliphatic carbocycles. The van der Waals surface area contributed by atoms with Crippen LogP contribution >= 0.6 is 0 Å². The average molecular weight is 393 g/mol. The van der Waals surface area contributed by atoms with Gasteiger partial charge in [-0.2, -0.15) is 0 Å². The van der Waals surface area contributed by atoms with E-state index in [9.17, 15) is 14.4 Å². The summed E-state index contributed by atoms with van der Waals surface area (Å²) in [5.41, 5.74) is -1.18. The summed E-state index contributed by atoms with van der Waals surface area (Å²) in [7, 11) is 0. The van der Waals surface area contributed by atoms with Gasteiger partial charge >= 0.3 is 11.9 Å². The number of hydrogen-bond donors (Lipinski definition) is 0. The fourth-order valence-corrected chi connectivity index (χ4v) is 6.97. The Morgan fingerprint density at radius 1 is 1.00 bits per heavy atom. The van der Waals surface area contributed by atoms with E-state index in [0.717, 1.165) is 19.3 Å². The van der Waals surface area contributed by atoms with Gasteiger partial charge in [0.15, 0.2) is 5.41 Å². The minimum Gasteiger partial charge on any atom is -0.465 e. The molecular formula is C23H36O5. The van der Waals surface area contributed by atoms with E-state index in [-0.39, 0.29) is 59.9 Å². The first-order valence-electron chi connectivity index (χ1n) is 10.9. The molecule has 0 amide bonds. The lowest BCUT2D eigenvalue weighted by Crippen LogP contribution is -2.56. The first-order chi connectivity index (χ1) is 13.0. The minimum absolute atomic E-state index is 0.0406. The fourth-order valence-electron chi connectivity index (χ4n) is 6.97. The molecule has 158 valence electrons. The molecule has 3 saturated carbocycles. The van der Waals surface area contributed by atoms with Crippen molar-refractivity contribution in [3.8, 4) is 0 Å². The fraction of sp³-hybridized carbons (Fsp3) is 0.870. The number of hydrogen-bond acceptors (Lipinski definition) is 5. The Hall–Kier alpha value is -1.39. The van der Waals surface area contributed by atoms with Crippen molar-refractivity contribution >= 4 is 17.7 Å². The Bertz CT molecular complexity index is 648. The summed E-state index contributed by atoms with van der Waals surface area (Å²) in [5, 5.41) is 0. The molecule has 0 N–H and O–H groups in total. The van der Waals surface area contributed by atoms with Crippen molar-refractivity contribution in [2.45, 2.75) is 73.6 Å². The number of Topliss-reactive ketones (excluding diaryl/α,β-unsaturated/α-hetero) is 1. The van der Waals surface area contributed by atoms with Crippen molar-refractivity contribution in [3.63, 3.8) is 0 Å². The number of carbonyl (C=O) groups is 3. The molecule has 0 unspecified atom stereocenters. The van der Waals surface area contributed by atoms with Gasteiger partial charge in [0.05, 0.1) is 13.2 Å². The highest BCUT2D eigenvalue weighted by Crippen LogP contribution is 2.67. The molecule has 0 aromatic rings. The standard InChI is InChI=1S/C23H36O5/c1-7-27-19(25)23(20(26)28-8-2)11-14(3)18(24)17-15-9-10-21(4,5)13-22(15,6)12-16(17)23/h14-17H,7-13H2,1-6H3/t14-,15-,16-,17+,22-/m1/s1. The van der Waals surface area contributed by atoms with Crippen molar-refractivity contribution in [1.29, 1.82) is 0 Å². The summed E-state index contributed by atoms with van der Waals surface area (Å²) in [6, 6.07) is 0. The maximum atomic E-state index is 13.3. The molecular weight excluding hydrogens is 356 g/mol. The van der Waals surface area contributed by atoms with E-state index in [1.165, 1.54) is 0 Å². The minimum atomic E-state index is -1.35. The van der Waals surface area contributed by atoms with Crippen LogP contribution in [0.3, 0.4) is 0 Å². The maximum Gasteiger partial charge on any atom is 0.323 e. The third kappa shape index (κ3) is 3.09. The molecule has 3 fully saturated rings. The second-order valence-electron chi connectivity index (χ2n) is 10.4. The van der Waals surface area contributed by atoms with Crippen LogP contribution in [0.2, 0.25) is 0 Å². The summed E-state index contributed by atoms with van der Waals surface area (Å²) in [5.74, 6) is -1.45. The molecule has 0 bridgehead atoms. The zero-order valence-electron chi connectivity index (χ0n) is 18.3. The number of rotatable bonds is 4. The number of esters is 2. The molecule has 0 spiro atoms. The van der Waals surface area contributed by atoms with Crippen molar-refractivity contribution < 1.29 is 23.9 Å². The van der Waals surface area contributed by atoms with Gasteiger partial charge in [-0.05, 0) is 68.6 Å². The van der Waals surface area contributed by atoms with E-state index < -0.39 is 17.4 Å². The van der Waals surface area contributed by atoms with Gasteiger partial charge in [-0.25, -0.2) is 0 Å². The van der Waals surface area contributed by atoms with E-state index in [1.54, 1.807) is 13.8 Å². The van der Waals surface area contributed by atoms with Gasteiger partial charge < -0.3 is 9.47 Å². The van der Waals surface area contributed by atoms with E-state index in [4.69, 9.17) is 9.47 Å². The van der Waals surface area contributed by atoms with Crippen LogP contribution in [0.1, 0.15) is 73.6 Å². The van der Waals surface area contributed by atoms with Gasteiger partial charge in [-0.3, -0.25) is 14.4 Å². The van der Waals surface area contributed by atoms with Crippen molar-refractivity contribution in [1.82, 2.24) is 0 Å². The summed E-state index contributed by atoms with van der Waals surface area (Å²) >= 11 is 0. The molecule has 0 heterocycles. The lowest BCUT2D eigenvalue weighted by molar-refractivity contribution is -0.184. The zero-order valence-corrected chi connectivity index (χ0v) is 18.3. The molecule has 0 aliphatic heterocycles. The van der Waals surface area contributed by atoms with Crippen LogP contribution in [-0.2, 0) is 23.9 Å². The highest BCUT2D eigenvalue weighted by Gasteiger charge is 2.69. The molecule has 0 aromatic carbocycles. The molecule has 0 radical (unpaired) electrons. The molecule has 5 heteroatoms. The Morgan fingerprint density at radius 3 is 2.11 bits per heavy atom. The molecule has 0 saturated heterocycles. The van der Waals surface area contributed by atoms with Gasteiger partial charge in [-0.1, -0.05) is 27.7 Å². The Morgan fingerprint density at radius 2 is 1.57 bits per heavy atom. The van der Waals surface area contributed by atoms with E-state index in [0.29, 0.717) is 6.42 Å². The van der Waals surface area contributed by atoms with E-state index in [1.807, 2.05) is 6.92 Å². The average Bonchev–Trinajstić information content (AvgIpc) is 2.89. The highest BCUT2D eigenvalue weighted by atomic mass is 16.6. The van der Waals surface area contributed by atoms with Crippen LogP contribution in [-0.4, -0.2) is 30.9 Å². The van der Waals surface area contributed by atoms with Crippen LogP contribution in [0, 0.1) is 39.9 Å². The quantitative estimate of drug-likeness (QED) is 0.530. The second-order valence-corrected chi connectivity index (χ2v) is 10.4. The first kappa shape index (κ1) is 21.3. The van der Waals surface area contributed by atoms with Crippen molar-refractivity contribution in [2.75, 3.05) is 13.2 Å². The number of fused-ring (bicyclic) bond motifs is 3. The lowest BCUT2D eigenvalue weighted by atomic mass is 9.56. The Balaban J connectivity index is 2.11. The normalized spacial score (nSPS) is 38.3. The van der Waals surface area contributed by atoms with Crippen LogP contribution in [0.15, 0.2) is 0 Å². The molecule has 5 atom stereocenters. The second kappa shape index (κ2) is 7.14. The highest BCUT2D eigenvalue weighted by molar-refractivity contribution is 6.03. The third-order valence-corrected chi connectivity index (χ3v) is 7.82. The SMILES string of the molecule is CCOC(=O)C1(C(=O)OCC)C[C@@H](C)C(=O)[C@@H]2[C@H]1C[C@]1(C)CC(C)(C)CC[C@H]21. The van der Waals surface area contributed by atoms with Gasteiger partial charge in [0.1, 0.15) is 5.78 Å². The number of ketones is 1. The summed E-state index contributed by atoms with van der Waals surface area (Å²) in [4.78, 5) is 39.8. The molecule has 5 nitrogen and oxygen atoms in total. The Labute approximate surface area is 168 Å². The molecule has 3 aliphatic rings. The largest absolute Gasteiger partial charge is 0.465 e.